The lowest BCUT2D eigenvalue weighted by Crippen LogP contribution is -2.39. The van der Waals surface area contributed by atoms with Gasteiger partial charge in [-0.25, -0.2) is 14.2 Å². The van der Waals surface area contributed by atoms with Gasteiger partial charge in [-0.1, -0.05) is 35.6 Å². The summed E-state index contributed by atoms with van der Waals surface area (Å²) in [5, 5.41) is 0. The molecule has 0 saturated heterocycles. The number of rotatable bonds is 5. The van der Waals surface area contributed by atoms with Crippen LogP contribution in [-0.2, 0) is 9.53 Å². The summed E-state index contributed by atoms with van der Waals surface area (Å²) in [4.78, 5) is 32.4. The molecule has 4 rings (SSSR count). The Labute approximate surface area is 192 Å². The zero-order valence-electron chi connectivity index (χ0n) is 17.8. The zero-order chi connectivity index (χ0) is 22.8. The summed E-state index contributed by atoms with van der Waals surface area (Å²) in [6, 6.07) is 13.1. The van der Waals surface area contributed by atoms with Crippen molar-refractivity contribution in [2.24, 2.45) is 4.99 Å². The number of benzene rings is 2. The fraction of sp³-hybridized carbons (Fsp3) is 0.208. The van der Waals surface area contributed by atoms with Gasteiger partial charge in [-0.2, -0.15) is 0 Å². The number of halogens is 1. The number of hydrogen-bond donors (Lipinski definition) is 0. The lowest BCUT2D eigenvalue weighted by molar-refractivity contribution is -0.139. The van der Waals surface area contributed by atoms with Gasteiger partial charge in [0.1, 0.15) is 5.82 Å². The Morgan fingerprint density at radius 3 is 2.69 bits per heavy atom. The molecule has 1 atom stereocenters. The smallest absolute Gasteiger partial charge is 0.338 e. The molecule has 32 heavy (non-hydrogen) atoms. The maximum absolute atomic E-state index is 13.6. The van der Waals surface area contributed by atoms with Crippen molar-refractivity contribution in [1.29, 1.82) is 0 Å². The van der Waals surface area contributed by atoms with Crippen LogP contribution in [-0.4, -0.2) is 23.4 Å². The molecule has 0 amide bonds. The third-order valence-electron chi connectivity index (χ3n) is 5.10. The van der Waals surface area contributed by atoms with E-state index in [1.165, 1.54) is 28.0 Å². The maximum atomic E-state index is 13.6. The van der Waals surface area contributed by atoms with Gasteiger partial charge in [0.25, 0.3) is 5.56 Å². The molecule has 5 nitrogen and oxygen atoms in total. The standard InChI is InChI=1S/C24H21FN2O3S2/c1-4-30-23(29)20-14(2)26-24-27(21(20)16-8-10-18(31-3)11-9-16)22(28)19(32-24)13-15-6-5-7-17(25)12-15/h5-13,21H,4H2,1-3H3/b19-13-/t21-/m1/s1. The molecule has 0 radical (unpaired) electrons. The Kier molecular flexibility index (Phi) is 6.43. The van der Waals surface area contributed by atoms with E-state index in [4.69, 9.17) is 4.74 Å². The first-order valence-corrected chi connectivity index (χ1v) is 12.1. The van der Waals surface area contributed by atoms with Crippen molar-refractivity contribution in [3.05, 3.63) is 96.4 Å². The number of nitrogens with zero attached hydrogens (tertiary/aromatic N) is 2. The molecule has 3 aromatic rings. The van der Waals surface area contributed by atoms with Crippen molar-refractivity contribution in [3.8, 4) is 0 Å². The highest BCUT2D eigenvalue weighted by Crippen LogP contribution is 2.31. The molecule has 8 heteroatoms. The third kappa shape index (κ3) is 4.20. The molecule has 0 fully saturated rings. The van der Waals surface area contributed by atoms with E-state index in [9.17, 15) is 14.0 Å². The lowest BCUT2D eigenvalue weighted by atomic mass is 9.96. The highest BCUT2D eigenvalue weighted by Gasteiger charge is 2.33. The van der Waals surface area contributed by atoms with Gasteiger partial charge in [-0.3, -0.25) is 9.36 Å². The van der Waals surface area contributed by atoms with Crippen molar-refractivity contribution in [1.82, 2.24) is 4.57 Å². The van der Waals surface area contributed by atoms with Crippen LogP contribution in [0.4, 0.5) is 4.39 Å². The van der Waals surface area contributed by atoms with Crippen molar-refractivity contribution in [2.75, 3.05) is 12.9 Å². The molecule has 2 aromatic carbocycles. The Morgan fingerprint density at radius 1 is 1.28 bits per heavy atom. The lowest BCUT2D eigenvalue weighted by Gasteiger charge is -2.24. The summed E-state index contributed by atoms with van der Waals surface area (Å²) in [5.41, 5.74) is 1.94. The van der Waals surface area contributed by atoms with E-state index in [2.05, 4.69) is 4.99 Å². The minimum absolute atomic E-state index is 0.220. The van der Waals surface area contributed by atoms with Gasteiger partial charge in [-0.15, -0.1) is 11.8 Å². The number of aromatic nitrogens is 1. The Balaban J connectivity index is 1.94. The first-order chi connectivity index (χ1) is 15.4. The van der Waals surface area contributed by atoms with Crippen molar-refractivity contribution < 1.29 is 13.9 Å². The van der Waals surface area contributed by atoms with Crippen molar-refractivity contribution in [2.45, 2.75) is 24.8 Å². The number of hydrogen-bond acceptors (Lipinski definition) is 6. The van der Waals surface area contributed by atoms with E-state index in [1.807, 2.05) is 30.5 Å². The molecular formula is C24H21FN2O3S2. The van der Waals surface area contributed by atoms with E-state index in [0.717, 1.165) is 10.5 Å². The van der Waals surface area contributed by atoms with Gasteiger partial charge in [0.05, 0.1) is 28.5 Å². The first kappa shape index (κ1) is 22.2. The summed E-state index contributed by atoms with van der Waals surface area (Å²) < 4.78 is 20.9. The van der Waals surface area contributed by atoms with Crippen LogP contribution in [0.1, 0.15) is 31.0 Å². The van der Waals surface area contributed by atoms with Crippen LogP contribution in [0.3, 0.4) is 0 Å². The van der Waals surface area contributed by atoms with Gasteiger partial charge >= 0.3 is 5.97 Å². The molecule has 0 unspecified atom stereocenters. The minimum atomic E-state index is -0.657. The molecule has 0 aliphatic carbocycles. The number of carbonyl (C=O) groups excluding carboxylic acids is 1. The fourth-order valence-corrected chi connectivity index (χ4v) is 5.10. The number of thiazole rings is 1. The van der Waals surface area contributed by atoms with Gasteiger partial charge in [0.15, 0.2) is 4.80 Å². The van der Waals surface area contributed by atoms with Crippen molar-refractivity contribution in [3.63, 3.8) is 0 Å². The quantitative estimate of drug-likeness (QED) is 0.424. The molecule has 0 N–H and O–H groups in total. The zero-order valence-corrected chi connectivity index (χ0v) is 19.4. The number of allylic oxidation sites excluding steroid dienone is 1. The molecule has 1 aromatic heterocycles. The van der Waals surface area contributed by atoms with Crippen LogP contribution in [0.5, 0.6) is 0 Å². The van der Waals surface area contributed by atoms with Crippen LogP contribution in [0.2, 0.25) is 0 Å². The summed E-state index contributed by atoms with van der Waals surface area (Å²) >= 11 is 2.83. The van der Waals surface area contributed by atoms with E-state index in [-0.39, 0.29) is 18.0 Å². The second-order valence-corrected chi connectivity index (χ2v) is 9.02. The predicted molar refractivity (Wildman–Crippen MR) is 125 cm³/mol. The van der Waals surface area contributed by atoms with Crippen LogP contribution in [0.25, 0.3) is 6.08 Å². The number of ether oxygens (including phenoxy) is 1. The molecular weight excluding hydrogens is 447 g/mol. The molecule has 0 saturated carbocycles. The van der Waals surface area contributed by atoms with Gasteiger partial charge in [0, 0.05) is 4.90 Å². The molecule has 0 bridgehead atoms. The fourth-order valence-electron chi connectivity index (χ4n) is 3.64. The second-order valence-electron chi connectivity index (χ2n) is 7.13. The van der Waals surface area contributed by atoms with E-state index in [1.54, 1.807) is 43.8 Å². The topological polar surface area (TPSA) is 60.7 Å². The van der Waals surface area contributed by atoms with Gasteiger partial charge < -0.3 is 4.74 Å². The number of carbonyl (C=O) groups is 1. The summed E-state index contributed by atoms with van der Waals surface area (Å²) in [6.07, 6.45) is 3.63. The molecule has 1 aliphatic rings. The van der Waals surface area contributed by atoms with Crippen molar-refractivity contribution >= 4 is 35.1 Å². The van der Waals surface area contributed by atoms with E-state index in [0.29, 0.717) is 26.2 Å². The van der Waals surface area contributed by atoms with Gasteiger partial charge in [-0.05, 0) is 61.6 Å². The first-order valence-electron chi connectivity index (χ1n) is 10.0. The number of thioether (sulfide) groups is 1. The normalized spacial score (nSPS) is 16.0. The highest BCUT2D eigenvalue weighted by atomic mass is 32.2. The predicted octanol–water partition coefficient (Wildman–Crippen LogP) is 3.66. The molecule has 2 heterocycles. The Morgan fingerprint density at radius 2 is 2.03 bits per heavy atom. The SMILES string of the molecule is CCOC(=O)C1=C(C)N=c2s/c(=C\c3cccc(F)c3)c(=O)n2[C@@H]1c1ccc(SC)cc1. The summed E-state index contributed by atoms with van der Waals surface area (Å²) in [7, 11) is 0. The third-order valence-corrected chi connectivity index (χ3v) is 6.82. The number of esters is 1. The van der Waals surface area contributed by atoms with Crippen LogP contribution >= 0.6 is 23.1 Å². The number of fused-ring (bicyclic) bond motifs is 1. The highest BCUT2D eigenvalue weighted by molar-refractivity contribution is 7.98. The van der Waals surface area contributed by atoms with E-state index >= 15 is 0 Å². The van der Waals surface area contributed by atoms with Crippen LogP contribution in [0.15, 0.2) is 74.5 Å². The van der Waals surface area contributed by atoms with E-state index < -0.39 is 12.0 Å². The van der Waals surface area contributed by atoms with Crippen LogP contribution < -0.4 is 14.9 Å². The minimum Gasteiger partial charge on any atom is -0.463 e. The molecule has 1 aliphatic heterocycles. The summed E-state index contributed by atoms with van der Waals surface area (Å²) in [5.74, 6) is -0.870. The van der Waals surface area contributed by atoms with Gasteiger partial charge in [0.2, 0.25) is 0 Å². The van der Waals surface area contributed by atoms with Crippen LogP contribution in [0, 0.1) is 5.82 Å². The average molecular weight is 469 g/mol. The average Bonchev–Trinajstić information content (AvgIpc) is 3.07. The Bertz CT molecular complexity index is 1390. The summed E-state index contributed by atoms with van der Waals surface area (Å²) in [6.45, 7) is 3.71. The molecule has 0 spiro atoms. The monoisotopic (exact) mass is 468 g/mol. The maximum Gasteiger partial charge on any atom is 0.338 e. The molecule has 164 valence electrons. The second kappa shape index (κ2) is 9.26. The Hall–Kier alpha value is -2.97. The largest absolute Gasteiger partial charge is 0.463 e.